The van der Waals surface area contributed by atoms with Gasteiger partial charge in [0.15, 0.2) is 0 Å². The molecule has 5 nitrogen and oxygen atoms in total. The highest BCUT2D eigenvalue weighted by molar-refractivity contribution is 6.07. The average molecular weight is 415 g/mol. The first kappa shape index (κ1) is 21.1. The van der Waals surface area contributed by atoms with Crippen LogP contribution < -0.4 is 10.2 Å². The Morgan fingerprint density at radius 2 is 1.81 bits per heavy atom. The van der Waals surface area contributed by atoms with Crippen LogP contribution >= 0.6 is 0 Å². The maximum absolute atomic E-state index is 12.6. The van der Waals surface area contributed by atoms with E-state index >= 15 is 0 Å². The number of piperazine rings is 1. The van der Waals surface area contributed by atoms with E-state index in [1.165, 1.54) is 5.56 Å². The molecule has 0 bridgehead atoms. The molecular formula is C26H30N4O. The number of anilines is 2. The van der Waals surface area contributed by atoms with E-state index in [0.717, 1.165) is 60.7 Å². The molecule has 1 aliphatic heterocycles. The number of carbonyl (C=O) groups excluding carboxylic acids is 1. The second-order valence-corrected chi connectivity index (χ2v) is 8.14. The number of nitrogens with one attached hydrogen (secondary N) is 1. The Labute approximate surface area is 184 Å². The van der Waals surface area contributed by atoms with Crippen molar-refractivity contribution in [1.82, 2.24) is 9.88 Å². The number of pyridine rings is 1. The molecule has 0 radical (unpaired) electrons. The Morgan fingerprint density at radius 3 is 2.52 bits per heavy atom. The van der Waals surface area contributed by atoms with E-state index in [0.29, 0.717) is 5.57 Å². The van der Waals surface area contributed by atoms with Crippen LogP contribution in [0.25, 0.3) is 17.0 Å². The van der Waals surface area contributed by atoms with Crippen molar-refractivity contribution in [2.24, 2.45) is 0 Å². The Hall–Kier alpha value is -3.18. The zero-order valence-corrected chi connectivity index (χ0v) is 18.6. The van der Waals surface area contributed by atoms with Crippen LogP contribution in [0.2, 0.25) is 0 Å². The Morgan fingerprint density at radius 1 is 1.06 bits per heavy atom. The zero-order valence-electron chi connectivity index (χ0n) is 18.6. The summed E-state index contributed by atoms with van der Waals surface area (Å²) in [5, 5.41) is 4.09. The summed E-state index contributed by atoms with van der Waals surface area (Å²) in [5.74, 6) is 0.943. The number of fused-ring (bicyclic) bond motifs is 1. The number of hydrogen-bond donors (Lipinski definition) is 1. The fraction of sp³-hybridized carbons (Fsp3) is 0.308. The molecule has 0 aliphatic carbocycles. The van der Waals surface area contributed by atoms with Crippen LogP contribution in [0.3, 0.4) is 0 Å². The van der Waals surface area contributed by atoms with Crippen molar-refractivity contribution < 1.29 is 4.79 Å². The van der Waals surface area contributed by atoms with Gasteiger partial charge >= 0.3 is 0 Å². The Bertz CT molecular complexity index is 1100. The quantitative estimate of drug-likeness (QED) is 0.614. The molecule has 1 saturated heterocycles. The van der Waals surface area contributed by atoms with Gasteiger partial charge < -0.3 is 15.1 Å². The van der Waals surface area contributed by atoms with E-state index < -0.39 is 0 Å². The molecule has 4 rings (SSSR count). The van der Waals surface area contributed by atoms with Crippen LogP contribution in [0.5, 0.6) is 0 Å². The average Bonchev–Trinajstić information content (AvgIpc) is 2.80. The highest BCUT2D eigenvalue weighted by Crippen LogP contribution is 2.26. The van der Waals surface area contributed by atoms with Gasteiger partial charge in [-0.2, -0.15) is 0 Å². The van der Waals surface area contributed by atoms with Crippen LogP contribution in [0.15, 0.2) is 60.2 Å². The molecule has 3 aromatic rings. The topological polar surface area (TPSA) is 48.5 Å². The fourth-order valence-corrected chi connectivity index (χ4v) is 4.00. The van der Waals surface area contributed by atoms with Gasteiger partial charge in [-0.25, -0.2) is 4.98 Å². The minimum absolute atomic E-state index is 0.0979. The van der Waals surface area contributed by atoms with E-state index in [1.807, 2.05) is 61.5 Å². The first-order chi connectivity index (χ1) is 15.0. The third-order valence-electron chi connectivity index (χ3n) is 5.94. The van der Waals surface area contributed by atoms with Crippen molar-refractivity contribution in [2.45, 2.75) is 20.8 Å². The number of carbonyl (C=O) groups is 1. The van der Waals surface area contributed by atoms with E-state index in [1.54, 1.807) is 0 Å². The Kier molecular flexibility index (Phi) is 6.33. The van der Waals surface area contributed by atoms with Gasteiger partial charge in [0.25, 0.3) is 5.91 Å². The molecule has 0 atom stereocenters. The second-order valence-electron chi connectivity index (χ2n) is 8.14. The lowest BCUT2D eigenvalue weighted by Gasteiger charge is -2.35. The van der Waals surface area contributed by atoms with Gasteiger partial charge in [0.2, 0.25) is 0 Å². The smallest absolute Gasteiger partial charge is 0.251 e. The highest BCUT2D eigenvalue weighted by Gasteiger charge is 2.18. The molecule has 160 valence electrons. The van der Waals surface area contributed by atoms with Gasteiger partial charge in [-0.3, -0.25) is 4.79 Å². The number of amides is 1. The number of aryl methyl sites for hydroxylation is 1. The lowest BCUT2D eigenvalue weighted by atomic mass is 10.1. The zero-order chi connectivity index (χ0) is 21.8. The minimum atomic E-state index is -0.0979. The summed E-state index contributed by atoms with van der Waals surface area (Å²) in [6.07, 6.45) is 1.90. The van der Waals surface area contributed by atoms with Crippen LogP contribution in [-0.4, -0.2) is 48.5 Å². The molecular weight excluding hydrogens is 384 g/mol. The summed E-state index contributed by atoms with van der Waals surface area (Å²) >= 11 is 0. The fourth-order valence-electron chi connectivity index (χ4n) is 4.00. The normalized spacial score (nSPS) is 15.3. The first-order valence-corrected chi connectivity index (χ1v) is 11.0. The first-order valence-electron chi connectivity index (χ1n) is 11.0. The van der Waals surface area contributed by atoms with Gasteiger partial charge in [0.1, 0.15) is 5.82 Å². The number of rotatable bonds is 5. The third kappa shape index (κ3) is 4.94. The molecule has 2 aromatic carbocycles. The van der Waals surface area contributed by atoms with Crippen molar-refractivity contribution in [2.75, 3.05) is 42.9 Å². The number of benzene rings is 2. The summed E-state index contributed by atoms with van der Waals surface area (Å²) in [5.41, 5.74) is 4.60. The summed E-state index contributed by atoms with van der Waals surface area (Å²) < 4.78 is 0. The summed E-state index contributed by atoms with van der Waals surface area (Å²) in [6.45, 7) is 11.4. The maximum Gasteiger partial charge on any atom is 0.251 e. The largest absolute Gasteiger partial charge is 0.354 e. The van der Waals surface area contributed by atoms with E-state index in [2.05, 4.69) is 35.0 Å². The van der Waals surface area contributed by atoms with Crippen LogP contribution in [0, 0.1) is 6.92 Å². The monoisotopic (exact) mass is 414 g/mol. The van der Waals surface area contributed by atoms with Crippen molar-refractivity contribution in [1.29, 1.82) is 0 Å². The highest BCUT2D eigenvalue weighted by atomic mass is 16.1. The SMILES string of the molecule is CCN1CCN(c2cc(C)c3cc(NC(=O)C(C)=Cc4ccccc4)ccc3n2)CC1. The number of aromatic nitrogens is 1. The molecule has 0 unspecified atom stereocenters. The van der Waals surface area contributed by atoms with Crippen LogP contribution in [0.1, 0.15) is 25.0 Å². The molecule has 1 amide bonds. The molecule has 5 heteroatoms. The standard InChI is InChI=1S/C26H30N4O/c1-4-29-12-14-30(15-13-29)25-17-19(2)23-18-22(10-11-24(23)28-25)27-26(31)20(3)16-21-8-6-5-7-9-21/h5-11,16-18H,4,12-15H2,1-3H3,(H,27,31). The Balaban J connectivity index is 1.51. The van der Waals surface area contributed by atoms with E-state index in [4.69, 9.17) is 4.98 Å². The van der Waals surface area contributed by atoms with Gasteiger partial charge in [0.05, 0.1) is 5.52 Å². The second kappa shape index (κ2) is 9.31. The summed E-state index contributed by atoms with van der Waals surface area (Å²) in [4.78, 5) is 22.4. The molecule has 1 aliphatic rings. The van der Waals surface area contributed by atoms with E-state index in [9.17, 15) is 4.79 Å². The molecule has 1 fully saturated rings. The lowest BCUT2D eigenvalue weighted by molar-refractivity contribution is -0.112. The number of hydrogen-bond acceptors (Lipinski definition) is 4. The van der Waals surface area contributed by atoms with E-state index in [-0.39, 0.29) is 5.91 Å². The molecule has 31 heavy (non-hydrogen) atoms. The van der Waals surface area contributed by atoms with Gasteiger partial charge in [0, 0.05) is 42.8 Å². The minimum Gasteiger partial charge on any atom is -0.354 e. The van der Waals surface area contributed by atoms with Crippen molar-refractivity contribution in [3.63, 3.8) is 0 Å². The third-order valence-corrected chi connectivity index (χ3v) is 5.94. The summed E-state index contributed by atoms with van der Waals surface area (Å²) in [6, 6.07) is 18.0. The van der Waals surface area contributed by atoms with Crippen molar-refractivity contribution >= 4 is 34.4 Å². The van der Waals surface area contributed by atoms with Gasteiger partial charge in [-0.05, 0) is 61.9 Å². The van der Waals surface area contributed by atoms with Crippen LogP contribution in [-0.2, 0) is 4.79 Å². The summed E-state index contributed by atoms with van der Waals surface area (Å²) in [7, 11) is 0. The number of nitrogens with zero attached hydrogens (tertiary/aromatic N) is 3. The predicted molar refractivity (Wildman–Crippen MR) is 130 cm³/mol. The van der Waals surface area contributed by atoms with Gasteiger partial charge in [-0.1, -0.05) is 37.3 Å². The van der Waals surface area contributed by atoms with Crippen molar-refractivity contribution in [3.05, 3.63) is 71.3 Å². The van der Waals surface area contributed by atoms with Crippen LogP contribution in [0.4, 0.5) is 11.5 Å². The van der Waals surface area contributed by atoms with Gasteiger partial charge in [-0.15, -0.1) is 0 Å². The predicted octanol–water partition coefficient (Wildman–Crippen LogP) is 4.73. The molecule has 1 N–H and O–H groups in total. The number of likely N-dealkylation sites (N-methyl/N-ethyl adjacent to an activating group) is 1. The lowest BCUT2D eigenvalue weighted by Crippen LogP contribution is -2.46. The van der Waals surface area contributed by atoms with Crippen molar-refractivity contribution in [3.8, 4) is 0 Å². The molecule has 0 spiro atoms. The molecule has 1 aromatic heterocycles. The molecule has 0 saturated carbocycles. The molecule has 2 heterocycles. The maximum atomic E-state index is 12.6.